The Labute approximate surface area is 108 Å². The van der Waals surface area contributed by atoms with E-state index in [4.69, 9.17) is 0 Å². The van der Waals surface area contributed by atoms with Crippen LogP contribution in [-0.2, 0) is 11.2 Å². The van der Waals surface area contributed by atoms with E-state index in [0.717, 1.165) is 31.5 Å². The van der Waals surface area contributed by atoms with Gasteiger partial charge in [-0.05, 0) is 50.9 Å². The molecule has 0 saturated carbocycles. The van der Waals surface area contributed by atoms with Crippen LogP contribution in [0.15, 0.2) is 30.3 Å². The highest BCUT2D eigenvalue weighted by Gasteiger charge is 2.30. The van der Waals surface area contributed by atoms with E-state index in [9.17, 15) is 9.90 Å². The molecule has 1 N–H and O–H groups in total. The Hall–Kier alpha value is -1.35. The molecule has 1 fully saturated rings. The minimum atomic E-state index is -0.645. The number of likely N-dealkylation sites (tertiary alicyclic amines) is 1. The van der Waals surface area contributed by atoms with Crippen LogP contribution in [0.2, 0.25) is 0 Å². The molecule has 1 saturated heterocycles. The topological polar surface area (TPSA) is 40.5 Å². The van der Waals surface area contributed by atoms with Crippen LogP contribution < -0.4 is 0 Å². The first-order valence-electron chi connectivity index (χ1n) is 6.62. The first kappa shape index (κ1) is 13.1. The van der Waals surface area contributed by atoms with Gasteiger partial charge in [0.1, 0.15) is 0 Å². The second kappa shape index (κ2) is 6.01. The minimum absolute atomic E-state index is 0.235. The number of carboxylic acids is 1. The van der Waals surface area contributed by atoms with Crippen LogP contribution in [0.5, 0.6) is 0 Å². The normalized spacial score (nSPS) is 19.6. The van der Waals surface area contributed by atoms with Crippen LogP contribution in [0, 0.1) is 11.8 Å². The van der Waals surface area contributed by atoms with E-state index in [0.29, 0.717) is 12.3 Å². The van der Waals surface area contributed by atoms with Crippen molar-refractivity contribution in [2.24, 2.45) is 11.8 Å². The summed E-state index contributed by atoms with van der Waals surface area (Å²) in [4.78, 5) is 13.7. The maximum Gasteiger partial charge on any atom is 0.307 e. The van der Waals surface area contributed by atoms with Gasteiger partial charge in [0.05, 0.1) is 5.92 Å². The largest absolute Gasteiger partial charge is 0.481 e. The highest BCUT2D eigenvalue weighted by atomic mass is 16.4. The Balaban J connectivity index is 2.02. The molecule has 2 rings (SSSR count). The third-order valence-corrected chi connectivity index (χ3v) is 3.95. The van der Waals surface area contributed by atoms with E-state index < -0.39 is 5.97 Å². The third kappa shape index (κ3) is 3.33. The number of nitrogens with zero attached hydrogens (tertiary/aromatic N) is 1. The SMILES string of the molecule is CN1CCC(C(Cc2ccccc2)C(=O)O)CC1. The summed E-state index contributed by atoms with van der Waals surface area (Å²) in [7, 11) is 2.10. The Morgan fingerprint density at radius 3 is 2.50 bits per heavy atom. The van der Waals surface area contributed by atoms with Crippen molar-refractivity contribution in [2.45, 2.75) is 19.3 Å². The summed E-state index contributed by atoms with van der Waals surface area (Å²) in [6, 6.07) is 9.95. The lowest BCUT2D eigenvalue weighted by Gasteiger charge is -2.32. The molecule has 1 aromatic carbocycles. The van der Waals surface area contributed by atoms with Gasteiger partial charge >= 0.3 is 5.97 Å². The zero-order valence-corrected chi connectivity index (χ0v) is 10.9. The number of benzene rings is 1. The Morgan fingerprint density at radius 1 is 1.33 bits per heavy atom. The summed E-state index contributed by atoms with van der Waals surface area (Å²) < 4.78 is 0. The molecule has 1 atom stereocenters. The van der Waals surface area contributed by atoms with Gasteiger partial charge in [-0.1, -0.05) is 30.3 Å². The Morgan fingerprint density at radius 2 is 1.94 bits per heavy atom. The fourth-order valence-corrected chi connectivity index (χ4v) is 2.75. The molecular weight excluding hydrogens is 226 g/mol. The number of aliphatic carboxylic acids is 1. The lowest BCUT2D eigenvalue weighted by molar-refractivity contribution is -0.144. The van der Waals surface area contributed by atoms with Crippen molar-refractivity contribution in [3.05, 3.63) is 35.9 Å². The summed E-state index contributed by atoms with van der Waals surface area (Å²) >= 11 is 0. The average molecular weight is 247 g/mol. The minimum Gasteiger partial charge on any atom is -0.481 e. The van der Waals surface area contributed by atoms with Gasteiger partial charge in [-0.15, -0.1) is 0 Å². The van der Waals surface area contributed by atoms with Gasteiger partial charge in [0.15, 0.2) is 0 Å². The highest BCUT2D eigenvalue weighted by Crippen LogP contribution is 2.27. The van der Waals surface area contributed by atoms with Crippen LogP contribution in [-0.4, -0.2) is 36.1 Å². The molecule has 18 heavy (non-hydrogen) atoms. The predicted octanol–water partition coefficient (Wildman–Crippen LogP) is 2.27. The fraction of sp³-hybridized carbons (Fsp3) is 0.533. The van der Waals surface area contributed by atoms with E-state index in [-0.39, 0.29) is 5.92 Å². The monoisotopic (exact) mass is 247 g/mol. The molecule has 1 heterocycles. The lowest BCUT2D eigenvalue weighted by atomic mass is 9.81. The molecule has 0 bridgehead atoms. The zero-order valence-electron chi connectivity index (χ0n) is 10.9. The second-order valence-electron chi connectivity index (χ2n) is 5.28. The first-order valence-corrected chi connectivity index (χ1v) is 6.62. The van der Waals surface area contributed by atoms with Gasteiger partial charge in [0.2, 0.25) is 0 Å². The van der Waals surface area contributed by atoms with Gasteiger partial charge in [-0.2, -0.15) is 0 Å². The van der Waals surface area contributed by atoms with Crippen molar-refractivity contribution in [3.63, 3.8) is 0 Å². The molecule has 1 unspecified atom stereocenters. The molecule has 0 spiro atoms. The Bertz CT molecular complexity index is 383. The molecular formula is C15H21NO2. The number of piperidine rings is 1. The maximum atomic E-state index is 11.5. The van der Waals surface area contributed by atoms with Crippen LogP contribution in [0.25, 0.3) is 0 Å². The summed E-state index contributed by atoms with van der Waals surface area (Å²) in [5.74, 6) is -0.562. The molecule has 3 nitrogen and oxygen atoms in total. The van der Waals surface area contributed by atoms with Crippen molar-refractivity contribution >= 4 is 5.97 Å². The maximum absolute atomic E-state index is 11.5. The summed E-state index contributed by atoms with van der Waals surface area (Å²) in [5, 5.41) is 9.44. The molecule has 3 heteroatoms. The van der Waals surface area contributed by atoms with E-state index in [1.807, 2.05) is 30.3 Å². The van der Waals surface area contributed by atoms with Crippen molar-refractivity contribution in [3.8, 4) is 0 Å². The van der Waals surface area contributed by atoms with E-state index >= 15 is 0 Å². The third-order valence-electron chi connectivity index (χ3n) is 3.95. The zero-order chi connectivity index (χ0) is 13.0. The number of carboxylic acid groups (broad SMARTS) is 1. The first-order chi connectivity index (χ1) is 8.66. The van der Waals surface area contributed by atoms with Crippen molar-refractivity contribution < 1.29 is 9.90 Å². The predicted molar refractivity (Wildman–Crippen MR) is 71.5 cm³/mol. The molecule has 1 aromatic rings. The molecule has 0 aliphatic carbocycles. The smallest absolute Gasteiger partial charge is 0.307 e. The lowest BCUT2D eigenvalue weighted by Crippen LogP contribution is -2.36. The summed E-state index contributed by atoms with van der Waals surface area (Å²) in [6.45, 7) is 2.03. The highest BCUT2D eigenvalue weighted by molar-refractivity contribution is 5.70. The van der Waals surface area contributed by atoms with Gasteiger partial charge in [-0.25, -0.2) is 0 Å². The molecule has 98 valence electrons. The number of hydrogen-bond donors (Lipinski definition) is 1. The van der Waals surface area contributed by atoms with Gasteiger partial charge in [0.25, 0.3) is 0 Å². The molecule has 0 amide bonds. The van der Waals surface area contributed by atoms with Crippen molar-refractivity contribution in [1.29, 1.82) is 0 Å². The average Bonchev–Trinajstić information content (AvgIpc) is 2.38. The number of hydrogen-bond acceptors (Lipinski definition) is 2. The summed E-state index contributed by atoms with van der Waals surface area (Å²) in [5.41, 5.74) is 1.13. The van der Waals surface area contributed by atoms with E-state index in [1.165, 1.54) is 0 Å². The van der Waals surface area contributed by atoms with Gasteiger partial charge < -0.3 is 10.0 Å². The van der Waals surface area contributed by atoms with Crippen molar-refractivity contribution in [2.75, 3.05) is 20.1 Å². The van der Waals surface area contributed by atoms with Crippen LogP contribution in [0.1, 0.15) is 18.4 Å². The van der Waals surface area contributed by atoms with Crippen LogP contribution >= 0.6 is 0 Å². The molecule has 1 aliphatic heterocycles. The molecule has 0 aromatic heterocycles. The molecule has 1 aliphatic rings. The number of rotatable bonds is 4. The van der Waals surface area contributed by atoms with E-state index in [2.05, 4.69) is 11.9 Å². The second-order valence-corrected chi connectivity index (χ2v) is 5.28. The summed E-state index contributed by atoms with van der Waals surface area (Å²) in [6.07, 6.45) is 2.66. The van der Waals surface area contributed by atoms with Gasteiger partial charge in [0, 0.05) is 0 Å². The van der Waals surface area contributed by atoms with Crippen LogP contribution in [0.3, 0.4) is 0 Å². The standard InChI is InChI=1S/C15H21NO2/c1-16-9-7-13(8-10-16)14(15(17)18)11-12-5-3-2-4-6-12/h2-6,13-14H,7-11H2,1H3,(H,17,18). The van der Waals surface area contributed by atoms with Crippen LogP contribution in [0.4, 0.5) is 0 Å². The molecule has 0 radical (unpaired) electrons. The fourth-order valence-electron chi connectivity index (χ4n) is 2.75. The van der Waals surface area contributed by atoms with E-state index in [1.54, 1.807) is 0 Å². The van der Waals surface area contributed by atoms with Crippen molar-refractivity contribution in [1.82, 2.24) is 4.90 Å². The quantitative estimate of drug-likeness (QED) is 0.887. The Kier molecular flexibility index (Phi) is 4.37. The number of carbonyl (C=O) groups is 1. The van der Waals surface area contributed by atoms with Gasteiger partial charge in [-0.3, -0.25) is 4.79 Å².